The smallest absolute Gasteiger partial charge is 0.326 e. The zero-order valence-electron chi connectivity index (χ0n) is 13.1. The molecule has 0 aliphatic rings. The molecule has 0 radical (unpaired) electrons. The van der Waals surface area contributed by atoms with Gasteiger partial charge < -0.3 is 15.5 Å². The van der Waals surface area contributed by atoms with Crippen LogP contribution in [0.5, 0.6) is 0 Å². The second-order valence-electron chi connectivity index (χ2n) is 5.66. The number of hydrogen-bond donors (Lipinski definition) is 3. The van der Waals surface area contributed by atoms with Crippen LogP contribution < -0.4 is 5.32 Å². The van der Waals surface area contributed by atoms with Crippen LogP contribution in [-0.4, -0.2) is 34.1 Å². The molecule has 0 aliphatic heterocycles. The summed E-state index contributed by atoms with van der Waals surface area (Å²) in [5.41, 5.74) is 0.338. The number of hydrogen-bond acceptors (Lipinski definition) is 3. The Morgan fingerprint density at radius 2 is 1.40 bits per heavy atom. The molecule has 0 fully saturated rings. The van der Waals surface area contributed by atoms with Gasteiger partial charge in [-0.05, 0) is 27.6 Å². The van der Waals surface area contributed by atoms with Crippen molar-refractivity contribution in [2.75, 3.05) is 0 Å². The molecule has 3 aromatic rings. The van der Waals surface area contributed by atoms with Gasteiger partial charge in [0.1, 0.15) is 6.04 Å². The first-order valence-electron chi connectivity index (χ1n) is 7.63. The van der Waals surface area contributed by atoms with E-state index in [2.05, 4.69) is 5.32 Å². The van der Waals surface area contributed by atoms with Crippen molar-refractivity contribution < 1.29 is 24.6 Å². The maximum Gasteiger partial charge on any atom is 0.326 e. The fraction of sp³-hybridized carbons (Fsp3) is 0.105. The van der Waals surface area contributed by atoms with Crippen molar-refractivity contribution in [3.8, 4) is 0 Å². The van der Waals surface area contributed by atoms with Crippen LogP contribution in [0.15, 0.2) is 54.6 Å². The lowest BCUT2D eigenvalue weighted by Crippen LogP contribution is -2.42. The molecule has 3 aromatic carbocycles. The molecule has 126 valence electrons. The van der Waals surface area contributed by atoms with Crippen molar-refractivity contribution in [2.24, 2.45) is 0 Å². The second-order valence-corrected chi connectivity index (χ2v) is 5.66. The number of rotatable bonds is 5. The van der Waals surface area contributed by atoms with Crippen molar-refractivity contribution in [1.82, 2.24) is 5.32 Å². The molecule has 6 heteroatoms. The highest BCUT2D eigenvalue weighted by atomic mass is 16.4. The van der Waals surface area contributed by atoms with Crippen LogP contribution in [0.4, 0.5) is 0 Å². The Labute approximate surface area is 142 Å². The lowest BCUT2D eigenvalue weighted by molar-refractivity contribution is -0.145. The molecular weight excluding hydrogens is 322 g/mol. The van der Waals surface area contributed by atoms with E-state index in [0.29, 0.717) is 16.3 Å². The van der Waals surface area contributed by atoms with Crippen LogP contribution in [0.2, 0.25) is 0 Å². The van der Waals surface area contributed by atoms with E-state index in [1.54, 1.807) is 24.3 Å². The van der Waals surface area contributed by atoms with Gasteiger partial charge in [-0.3, -0.25) is 9.59 Å². The van der Waals surface area contributed by atoms with E-state index in [9.17, 15) is 14.4 Å². The lowest BCUT2D eigenvalue weighted by atomic mass is 9.96. The highest BCUT2D eigenvalue weighted by Gasteiger charge is 2.25. The Morgan fingerprint density at radius 3 is 1.88 bits per heavy atom. The van der Waals surface area contributed by atoms with E-state index in [4.69, 9.17) is 10.2 Å². The topological polar surface area (TPSA) is 104 Å². The largest absolute Gasteiger partial charge is 0.481 e. The fourth-order valence-electron chi connectivity index (χ4n) is 2.86. The van der Waals surface area contributed by atoms with E-state index < -0.39 is 30.3 Å². The number of carboxylic acid groups (broad SMARTS) is 2. The summed E-state index contributed by atoms with van der Waals surface area (Å²) in [6.07, 6.45) is -0.691. The minimum atomic E-state index is -1.50. The van der Waals surface area contributed by atoms with Gasteiger partial charge in [-0.1, -0.05) is 48.5 Å². The normalized spacial score (nSPS) is 12.0. The van der Waals surface area contributed by atoms with Gasteiger partial charge >= 0.3 is 11.9 Å². The maximum absolute atomic E-state index is 12.8. The number of carbonyl (C=O) groups is 3. The van der Waals surface area contributed by atoms with Gasteiger partial charge in [0, 0.05) is 0 Å². The molecule has 6 nitrogen and oxygen atoms in total. The van der Waals surface area contributed by atoms with E-state index in [1.807, 2.05) is 30.3 Å². The Kier molecular flexibility index (Phi) is 4.35. The molecular formula is C19H15NO5. The van der Waals surface area contributed by atoms with Gasteiger partial charge in [-0.2, -0.15) is 0 Å². The fourth-order valence-corrected chi connectivity index (χ4v) is 2.86. The number of benzene rings is 3. The summed E-state index contributed by atoms with van der Waals surface area (Å²) in [6, 6.07) is 15.0. The molecule has 25 heavy (non-hydrogen) atoms. The highest BCUT2D eigenvalue weighted by Crippen LogP contribution is 2.28. The van der Waals surface area contributed by atoms with Crippen LogP contribution in [-0.2, 0) is 9.59 Å². The predicted molar refractivity (Wildman–Crippen MR) is 92.6 cm³/mol. The van der Waals surface area contributed by atoms with Gasteiger partial charge in [0.05, 0.1) is 12.0 Å². The van der Waals surface area contributed by atoms with Gasteiger partial charge in [0.25, 0.3) is 5.91 Å². The average Bonchev–Trinajstić information content (AvgIpc) is 2.58. The summed E-state index contributed by atoms with van der Waals surface area (Å²) in [5.74, 6) is -3.29. The molecule has 0 bridgehead atoms. The first-order valence-corrected chi connectivity index (χ1v) is 7.63. The van der Waals surface area contributed by atoms with E-state index >= 15 is 0 Å². The van der Waals surface area contributed by atoms with E-state index in [-0.39, 0.29) is 0 Å². The molecule has 0 heterocycles. The summed E-state index contributed by atoms with van der Waals surface area (Å²) in [6.45, 7) is 0. The minimum absolute atomic E-state index is 0.338. The molecule has 3 N–H and O–H groups in total. The van der Waals surface area contributed by atoms with Crippen molar-refractivity contribution in [2.45, 2.75) is 12.5 Å². The molecule has 0 aliphatic carbocycles. The first-order chi connectivity index (χ1) is 12.0. The molecule has 3 rings (SSSR count). The van der Waals surface area contributed by atoms with Gasteiger partial charge in [0.2, 0.25) is 0 Å². The molecule has 0 spiro atoms. The zero-order chi connectivity index (χ0) is 18.0. The Bertz CT molecular complexity index is 941. The van der Waals surface area contributed by atoms with Crippen LogP contribution in [0, 0.1) is 0 Å². The third kappa shape index (κ3) is 3.28. The summed E-state index contributed by atoms with van der Waals surface area (Å²) in [7, 11) is 0. The van der Waals surface area contributed by atoms with Crippen LogP contribution >= 0.6 is 0 Å². The molecule has 0 saturated heterocycles. The molecule has 1 atom stereocenters. The van der Waals surface area contributed by atoms with Crippen LogP contribution in [0.25, 0.3) is 21.5 Å². The van der Waals surface area contributed by atoms with E-state index in [0.717, 1.165) is 10.8 Å². The van der Waals surface area contributed by atoms with E-state index in [1.165, 1.54) is 0 Å². The summed E-state index contributed by atoms with van der Waals surface area (Å²) in [4.78, 5) is 34.9. The number of aliphatic carboxylic acids is 2. The summed E-state index contributed by atoms with van der Waals surface area (Å²) in [5, 5.41) is 23.4. The third-order valence-corrected chi connectivity index (χ3v) is 3.98. The van der Waals surface area contributed by atoms with Gasteiger partial charge in [0.15, 0.2) is 0 Å². The zero-order valence-corrected chi connectivity index (χ0v) is 13.1. The van der Waals surface area contributed by atoms with Gasteiger partial charge in [-0.25, -0.2) is 4.79 Å². The minimum Gasteiger partial charge on any atom is -0.481 e. The molecule has 0 saturated carbocycles. The highest BCUT2D eigenvalue weighted by molar-refractivity contribution is 6.18. The molecule has 0 unspecified atom stereocenters. The maximum atomic E-state index is 12.8. The van der Waals surface area contributed by atoms with Crippen molar-refractivity contribution in [1.29, 1.82) is 0 Å². The van der Waals surface area contributed by atoms with Gasteiger partial charge in [-0.15, -0.1) is 0 Å². The number of amides is 1. The van der Waals surface area contributed by atoms with Crippen molar-refractivity contribution >= 4 is 39.4 Å². The Morgan fingerprint density at radius 1 is 0.880 bits per heavy atom. The number of fused-ring (bicyclic) bond motifs is 2. The standard InChI is InChI=1S/C19H15NO5/c21-16(22)10-15(19(24)25)20-18(23)17-13-7-3-1-5-11(13)9-12-6-2-4-8-14(12)17/h1-9,15H,10H2,(H,20,23)(H,21,22)(H,24,25)/t15-/m1/s1. The number of carbonyl (C=O) groups excluding carboxylic acids is 1. The Hall–Kier alpha value is -3.41. The summed E-state index contributed by atoms with van der Waals surface area (Å²) < 4.78 is 0. The average molecular weight is 337 g/mol. The quantitative estimate of drug-likeness (QED) is 0.621. The third-order valence-electron chi connectivity index (χ3n) is 3.98. The van der Waals surface area contributed by atoms with Crippen molar-refractivity contribution in [3.05, 3.63) is 60.2 Å². The molecule has 0 aromatic heterocycles. The molecule has 1 amide bonds. The predicted octanol–water partition coefficient (Wildman–Crippen LogP) is 2.65. The SMILES string of the molecule is O=C(O)C[C@@H](NC(=O)c1c2ccccc2cc2ccccc12)C(=O)O. The first kappa shape index (κ1) is 16.4. The monoisotopic (exact) mass is 337 g/mol. The number of nitrogens with one attached hydrogen (secondary N) is 1. The van der Waals surface area contributed by atoms with Crippen LogP contribution in [0.3, 0.4) is 0 Å². The lowest BCUT2D eigenvalue weighted by Gasteiger charge is -2.15. The Balaban J connectivity index is 2.13. The second kappa shape index (κ2) is 6.60. The summed E-state index contributed by atoms with van der Waals surface area (Å²) >= 11 is 0. The van der Waals surface area contributed by atoms with Crippen LogP contribution in [0.1, 0.15) is 16.8 Å². The number of carboxylic acids is 2. The van der Waals surface area contributed by atoms with Crippen molar-refractivity contribution in [3.63, 3.8) is 0 Å².